The van der Waals surface area contributed by atoms with Crippen molar-refractivity contribution in [1.82, 2.24) is 24.3 Å². The van der Waals surface area contributed by atoms with E-state index < -0.39 is 18.3 Å². The topological polar surface area (TPSA) is 48.5 Å². The maximum absolute atomic E-state index is 13.7. The van der Waals surface area contributed by atoms with Crippen molar-refractivity contribution >= 4 is 23.4 Å². The van der Waals surface area contributed by atoms with Gasteiger partial charge in [0, 0.05) is 23.0 Å². The standard InChI is InChI=1S/C20H13ClF5N5S/c21-13-5-3-4-12(10-13)17-28-29-19(32-11-16-27-8-9-30(16)18(22)23)31(17)15-7-2-1-6-14(15)20(24,25)26/h1-10,18H,11H2. The van der Waals surface area contributed by atoms with Gasteiger partial charge in [0.15, 0.2) is 11.0 Å². The van der Waals surface area contributed by atoms with Crippen molar-refractivity contribution < 1.29 is 22.0 Å². The molecule has 4 rings (SSSR count). The Hall–Kier alpha value is -2.92. The number of thioether (sulfide) groups is 1. The van der Waals surface area contributed by atoms with E-state index in [0.29, 0.717) is 15.2 Å². The summed E-state index contributed by atoms with van der Waals surface area (Å²) in [6, 6.07) is 11.4. The van der Waals surface area contributed by atoms with Crippen molar-refractivity contribution in [2.45, 2.75) is 23.6 Å². The fourth-order valence-corrected chi connectivity index (χ4v) is 4.15. The van der Waals surface area contributed by atoms with Gasteiger partial charge in [-0.2, -0.15) is 22.0 Å². The molecule has 32 heavy (non-hydrogen) atoms. The van der Waals surface area contributed by atoms with Gasteiger partial charge in [0.25, 0.3) is 0 Å². The minimum absolute atomic E-state index is 0.0490. The molecule has 0 aliphatic rings. The highest BCUT2D eigenvalue weighted by Crippen LogP contribution is 2.38. The first kappa shape index (κ1) is 22.3. The number of hydrogen-bond acceptors (Lipinski definition) is 4. The Morgan fingerprint density at radius 2 is 1.81 bits per heavy atom. The number of rotatable bonds is 6. The van der Waals surface area contributed by atoms with Gasteiger partial charge in [0.05, 0.1) is 17.0 Å². The molecule has 0 radical (unpaired) electrons. The van der Waals surface area contributed by atoms with E-state index in [2.05, 4.69) is 15.2 Å². The molecule has 4 aromatic rings. The Balaban J connectivity index is 1.83. The quantitative estimate of drug-likeness (QED) is 0.231. The zero-order valence-corrected chi connectivity index (χ0v) is 17.5. The van der Waals surface area contributed by atoms with Gasteiger partial charge in [-0.3, -0.25) is 9.13 Å². The first-order valence-electron chi connectivity index (χ1n) is 9.06. The molecule has 166 valence electrons. The van der Waals surface area contributed by atoms with Gasteiger partial charge < -0.3 is 0 Å². The summed E-state index contributed by atoms with van der Waals surface area (Å²) in [7, 11) is 0. The third-order valence-corrected chi connectivity index (χ3v) is 5.62. The Morgan fingerprint density at radius 1 is 1.03 bits per heavy atom. The molecule has 0 atom stereocenters. The summed E-state index contributed by atoms with van der Waals surface area (Å²) in [5.74, 6) is 0.121. The second-order valence-electron chi connectivity index (χ2n) is 6.48. The predicted octanol–water partition coefficient (Wildman–Crippen LogP) is 6.49. The summed E-state index contributed by atoms with van der Waals surface area (Å²) in [6.07, 6.45) is -2.29. The number of imidazole rings is 1. The third kappa shape index (κ3) is 4.49. The van der Waals surface area contributed by atoms with Gasteiger partial charge >= 0.3 is 12.7 Å². The largest absolute Gasteiger partial charge is 0.418 e. The summed E-state index contributed by atoms with van der Waals surface area (Å²) < 4.78 is 69.4. The molecule has 0 bridgehead atoms. The second kappa shape index (κ2) is 8.91. The van der Waals surface area contributed by atoms with Crippen LogP contribution in [0.1, 0.15) is 17.9 Å². The molecule has 0 spiro atoms. The van der Waals surface area contributed by atoms with Gasteiger partial charge in [-0.25, -0.2) is 4.98 Å². The summed E-state index contributed by atoms with van der Waals surface area (Å²) in [6.45, 7) is -2.79. The molecule has 0 saturated heterocycles. The number of para-hydroxylation sites is 1. The highest BCUT2D eigenvalue weighted by molar-refractivity contribution is 7.98. The first-order valence-corrected chi connectivity index (χ1v) is 10.4. The maximum Gasteiger partial charge on any atom is 0.418 e. The number of nitrogens with zero attached hydrogens (tertiary/aromatic N) is 5. The summed E-state index contributed by atoms with van der Waals surface area (Å²) in [5.41, 5.74) is -0.637. The van der Waals surface area contributed by atoms with E-state index in [1.165, 1.54) is 29.0 Å². The molecule has 0 aliphatic heterocycles. The van der Waals surface area contributed by atoms with E-state index in [-0.39, 0.29) is 28.2 Å². The summed E-state index contributed by atoms with van der Waals surface area (Å²) in [5, 5.41) is 8.57. The van der Waals surface area contributed by atoms with Gasteiger partial charge in [-0.1, -0.05) is 47.6 Å². The van der Waals surface area contributed by atoms with Crippen LogP contribution in [0.4, 0.5) is 22.0 Å². The fourth-order valence-electron chi connectivity index (χ4n) is 3.07. The lowest BCUT2D eigenvalue weighted by Crippen LogP contribution is -2.12. The minimum Gasteiger partial charge on any atom is -0.277 e. The normalized spacial score (nSPS) is 12.0. The van der Waals surface area contributed by atoms with Gasteiger partial charge in [-0.05, 0) is 24.3 Å². The second-order valence-corrected chi connectivity index (χ2v) is 7.86. The number of alkyl halides is 5. The molecule has 2 aromatic carbocycles. The number of benzene rings is 2. The van der Waals surface area contributed by atoms with E-state index in [1.807, 2.05) is 0 Å². The Morgan fingerprint density at radius 3 is 2.53 bits per heavy atom. The van der Waals surface area contributed by atoms with Crippen LogP contribution >= 0.6 is 23.4 Å². The first-order chi connectivity index (χ1) is 15.3. The van der Waals surface area contributed by atoms with Crippen LogP contribution in [-0.2, 0) is 11.9 Å². The molecule has 0 N–H and O–H groups in total. The van der Waals surface area contributed by atoms with Crippen LogP contribution in [0, 0.1) is 0 Å². The van der Waals surface area contributed by atoms with Crippen molar-refractivity contribution in [3.05, 3.63) is 77.3 Å². The van der Waals surface area contributed by atoms with Crippen LogP contribution in [0.3, 0.4) is 0 Å². The molecule has 0 aliphatic carbocycles. The maximum atomic E-state index is 13.7. The SMILES string of the molecule is FC(F)n1ccnc1CSc1nnc(-c2cccc(Cl)c2)n1-c1ccccc1C(F)(F)F. The van der Waals surface area contributed by atoms with Crippen molar-refractivity contribution in [3.8, 4) is 17.1 Å². The smallest absolute Gasteiger partial charge is 0.277 e. The Kier molecular flexibility index (Phi) is 6.20. The minimum atomic E-state index is -4.64. The lowest BCUT2D eigenvalue weighted by molar-refractivity contribution is -0.137. The fraction of sp³-hybridized carbons (Fsp3) is 0.150. The molecular formula is C20H13ClF5N5S. The van der Waals surface area contributed by atoms with E-state index in [0.717, 1.165) is 24.0 Å². The van der Waals surface area contributed by atoms with Gasteiger partial charge in [-0.15, -0.1) is 10.2 Å². The Bertz CT molecular complexity index is 1240. The zero-order chi connectivity index (χ0) is 22.9. The van der Waals surface area contributed by atoms with E-state index in [4.69, 9.17) is 11.6 Å². The molecule has 0 saturated carbocycles. The van der Waals surface area contributed by atoms with E-state index in [9.17, 15) is 22.0 Å². The van der Waals surface area contributed by atoms with Crippen LogP contribution in [-0.4, -0.2) is 24.3 Å². The molecule has 0 amide bonds. The van der Waals surface area contributed by atoms with Crippen molar-refractivity contribution in [2.24, 2.45) is 0 Å². The highest BCUT2D eigenvalue weighted by Gasteiger charge is 2.35. The lowest BCUT2D eigenvalue weighted by atomic mass is 10.1. The van der Waals surface area contributed by atoms with Crippen LogP contribution < -0.4 is 0 Å². The van der Waals surface area contributed by atoms with Crippen LogP contribution in [0.15, 0.2) is 66.1 Å². The van der Waals surface area contributed by atoms with Gasteiger partial charge in [0.2, 0.25) is 0 Å². The van der Waals surface area contributed by atoms with Gasteiger partial charge in [0.1, 0.15) is 5.82 Å². The molecule has 5 nitrogen and oxygen atoms in total. The average Bonchev–Trinajstić information content (AvgIpc) is 3.38. The highest BCUT2D eigenvalue weighted by atomic mass is 35.5. The number of halogens is 6. The van der Waals surface area contributed by atoms with Crippen molar-refractivity contribution in [3.63, 3.8) is 0 Å². The van der Waals surface area contributed by atoms with Crippen molar-refractivity contribution in [1.29, 1.82) is 0 Å². The molecule has 2 heterocycles. The molecule has 0 fully saturated rings. The third-order valence-electron chi connectivity index (χ3n) is 4.46. The number of hydrogen-bond donors (Lipinski definition) is 0. The molecule has 12 heteroatoms. The van der Waals surface area contributed by atoms with E-state index in [1.54, 1.807) is 24.3 Å². The number of aromatic nitrogens is 5. The molecular weight excluding hydrogens is 473 g/mol. The Labute approximate surface area is 187 Å². The lowest BCUT2D eigenvalue weighted by Gasteiger charge is -2.16. The predicted molar refractivity (Wildman–Crippen MR) is 110 cm³/mol. The van der Waals surface area contributed by atoms with Crippen LogP contribution in [0.2, 0.25) is 5.02 Å². The summed E-state index contributed by atoms with van der Waals surface area (Å²) >= 11 is 7.00. The van der Waals surface area contributed by atoms with Crippen LogP contribution in [0.25, 0.3) is 17.1 Å². The van der Waals surface area contributed by atoms with E-state index >= 15 is 0 Å². The molecule has 2 aromatic heterocycles. The van der Waals surface area contributed by atoms with Crippen molar-refractivity contribution in [2.75, 3.05) is 0 Å². The zero-order valence-electron chi connectivity index (χ0n) is 16.0. The average molecular weight is 486 g/mol. The monoisotopic (exact) mass is 485 g/mol. The molecule has 0 unspecified atom stereocenters. The summed E-state index contributed by atoms with van der Waals surface area (Å²) in [4.78, 5) is 3.90. The van der Waals surface area contributed by atoms with Crippen LogP contribution in [0.5, 0.6) is 0 Å².